The van der Waals surface area contributed by atoms with E-state index < -0.39 is 29.1 Å². The highest BCUT2D eigenvalue weighted by atomic mass is 16.5. The number of rotatable bonds is 7. The summed E-state index contributed by atoms with van der Waals surface area (Å²) in [6, 6.07) is 6.48. The van der Waals surface area contributed by atoms with E-state index in [-0.39, 0.29) is 40.0 Å². The van der Waals surface area contributed by atoms with Crippen LogP contribution in [0.3, 0.4) is 0 Å². The Labute approximate surface area is 171 Å². The third-order valence-electron chi connectivity index (χ3n) is 4.86. The highest BCUT2D eigenvalue weighted by molar-refractivity contribution is 6.30. The Balaban J connectivity index is 1.72. The van der Waals surface area contributed by atoms with Gasteiger partial charge in [0, 0.05) is 29.7 Å². The van der Waals surface area contributed by atoms with Gasteiger partial charge in [-0.2, -0.15) is 0 Å². The predicted octanol–water partition coefficient (Wildman–Crippen LogP) is 1.67. The second-order valence-electron chi connectivity index (χ2n) is 6.88. The molecule has 0 heterocycles. The average Bonchev–Trinajstić information content (AvgIpc) is 2.73. The van der Waals surface area contributed by atoms with Gasteiger partial charge in [-0.3, -0.25) is 24.4 Å². The summed E-state index contributed by atoms with van der Waals surface area (Å²) in [6.45, 7) is 0.307. The highest BCUT2D eigenvalue weighted by Crippen LogP contribution is 2.37. The fourth-order valence-corrected chi connectivity index (χ4v) is 3.36. The number of benzene rings is 2. The van der Waals surface area contributed by atoms with E-state index in [1.54, 1.807) is 5.48 Å². The first-order valence-electron chi connectivity index (χ1n) is 9.34. The molecule has 2 aromatic rings. The molecule has 5 N–H and O–H groups in total. The smallest absolute Gasteiger partial charge is 0.251 e. The molecule has 0 radical (unpaired) electrons. The van der Waals surface area contributed by atoms with E-state index in [0.717, 1.165) is 6.07 Å². The van der Waals surface area contributed by atoms with Crippen LogP contribution in [0.1, 0.15) is 67.9 Å². The van der Waals surface area contributed by atoms with Gasteiger partial charge in [-0.1, -0.05) is 18.6 Å². The molecule has 0 saturated heterocycles. The number of amides is 2. The van der Waals surface area contributed by atoms with E-state index in [1.807, 2.05) is 0 Å². The van der Waals surface area contributed by atoms with Crippen LogP contribution in [0.2, 0.25) is 0 Å². The summed E-state index contributed by atoms with van der Waals surface area (Å²) in [4.78, 5) is 48.8. The van der Waals surface area contributed by atoms with Crippen LogP contribution in [0, 0.1) is 0 Å². The fourth-order valence-electron chi connectivity index (χ4n) is 3.36. The minimum absolute atomic E-state index is 0.0105. The maximum atomic E-state index is 12.8. The molecule has 9 heteroatoms. The number of hydroxylamine groups is 1. The van der Waals surface area contributed by atoms with Crippen molar-refractivity contribution in [3.63, 3.8) is 0 Å². The van der Waals surface area contributed by atoms with Crippen LogP contribution < -0.4 is 10.8 Å². The molecule has 0 unspecified atom stereocenters. The average molecular weight is 412 g/mol. The van der Waals surface area contributed by atoms with Crippen molar-refractivity contribution in [2.24, 2.45) is 0 Å². The Hall–Kier alpha value is -3.72. The van der Waals surface area contributed by atoms with Gasteiger partial charge in [-0.25, -0.2) is 5.48 Å². The number of phenols is 2. The molecule has 9 nitrogen and oxygen atoms in total. The van der Waals surface area contributed by atoms with Crippen molar-refractivity contribution in [1.82, 2.24) is 10.8 Å². The maximum absolute atomic E-state index is 12.8. The van der Waals surface area contributed by atoms with Gasteiger partial charge in [0.2, 0.25) is 11.7 Å². The van der Waals surface area contributed by atoms with Crippen LogP contribution in [-0.2, 0) is 4.79 Å². The molecule has 3 rings (SSSR count). The largest absolute Gasteiger partial charge is 0.507 e. The molecule has 0 aliphatic heterocycles. The Bertz CT molecular complexity index is 1050. The Kier molecular flexibility index (Phi) is 6.12. The molecule has 156 valence electrons. The van der Waals surface area contributed by atoms with Crippen molar-refractivity contribution in [3.8, 4) is 11.5 Å². The molecule has 0 aromatic heterocycles. The lowest BCUT2D eigenvalue weighted by Crippen LogP contribution is -2.26. The lowest BCUT2D eigenvalue weighted by Gasteiger charge is -2.20. The predicted molar refractivity (Wildman–Crippen MR) is 104 cm³/mol. The number of hydrogen-bond acceptors (Lipinski definition) is 7. The molecule has 2 aromatic carbocycles. The van der Waals surface area contributed by atoms with Gasteiger partial charge in [0.05, 0.1) is 11.1 Å². The number of fused-ring (bicyclic) bond motifs is 2. The van der Waals surface area contributed by atoms with Crippen LogP contribution in [0.25, 0.3) is 0 Å². The third kappa shape index (κ3) is 4.01. The Morgan fingerprint density at radius 2 is 1.60 bits per heavy atom. The first kappa shape index (κ1) is 21.0. The van der Waals surface area contributed by atoms with Crippen LogP contribution in [0.15, 0.2) is 30.3 Å². The molecule has 1 aliphatic carbocycles. The van der Waals surface area contributed by atoms with Crippen LogP contribution in [0.5, 0.6) is 11.5 Å². The van der Waals surface area contributed by atoms with Crippen LogP contribution in [-0.4, -0.2) is 45.3 Å². The lowest BCUT2D eigenvalue weighted by atomic mass is 9.82. The molecule has 0 atom stereocenters. The second kappa shape index (κ2) is 8.75. The van der Waals surface area contributed by atoms with Gasteiger partial charge in [-0.05, 0) is 31.0 Å². The molecule has 2 amide bonds. The van der Waals surface area contributed by atoms with Gasteiger partial charge in [0.25, 0.3) is 5.91 Å². The SMILES string of the molecule is O=C(CCCCCNC(=O)c1cc(O)c2c(c1)C(=O)c1cccc(O)c1C2=O)NO. The summed E-state index contributed by atoms with van der Waals surface area (Å²) in [5, 5.41) is 31.3. The number of carbonyl (C=O) groups excluding carboxylic acids is 4. The zero-order chi connectivity index (χ0) is 21.8. The van der Waals surface area contributed by atoms with E-state index in [0.29, 0.717) is 25.8 Å². The number of hydrogen-bond donors (Lipinski definition) is 5. The van der Waals surface area contributed by atoms with Crippen molar-refractivity contribution < 1.29 is 34.6 Å². The summed E-state index contributed by atoms with van der Waals surface area (Å²) < 4.78 is 0. The third-order valence-corrected chi connectivity index (χ3v) is 4.86. The molecule has 30 heavy (non-hydrogen) atoms. The van der Waals surface area contributed by atoms with E-state index >= 15 is 0 Å². The summed E-state index contributed by atoms with van der Waals surface area (Å²) in [5.41, 5.74) is 1.07. The number of unbranched alkanes of at least 4 members (excludes halogenated alkanes) is 2. The molecule has 1 aliphatic rings. The van der Waals surface area contributed by atoms with Gasteiger partial charge in [0.1, 0.15) is 11.5 Å². The molecule has 0 saturated carbocycles. The number of nitrogens with one attached hydrogen (secondary N) is 2. The van der Waals surface area contributed by atoms with Crippen molar-refractivity contribution in [2.45, 2.75) is 25.7 Å². The summed E-state index contributed by atoms with van der Waals surface area (Å²) >= 11 is 0. The summed E-state index contributed by atoms with van der Waals surface area (Å²) in [7, 11) is 0. The maximum Gasteiger partial charge on any atom is 0.251 e. The van der Waals surface area contributed by atoms with Crippen molar-refractivity contribution >= 4 is 23.4 Å². The highest BCUT2D eigenvalue weighted by Gasteiger charge is 2.34. The topological polar surface area (TPSA) is 153 Å². The standard InChI is InChI=1S/C21H20N2O7/c24-14-6-4-5-12-17(14)20(28)18-13(19(12)27)9-11(10-15(18)25)21(29)22-8-3-1-2-7-16(26)23-30/h4-6,9-10,24-25,30H,1-3,7-8H2,(H,22,29)(H,23,26). The molecule has 0 bridgehead atoms. The van der Waals surface area contributed by atoms with E-state index in [1.165, 1.54) is 24.3 Å². The minimum atomic E-state index is -0.686. The number of aromatic hydroxyl groups is 2. The van der Waals surface area contributed by atoms with Gasteiger partial charge < -0.3 is 15.5 Å². The molecular formula is C21H20N2O7. The summed E-state index contributed by atoms with van der Waals surface area (Å²) in [5.74, 6) is -3.12. The molecular weight excluding hydrogens is 392 g/mol. The van der Waals surface area contributed by atoms with Crippen molar-refractivity contribution in [1.29, 1.82) is 0 Å². The second-order valence-corrected chi connectivity index (χ2v) is 6.88. The Morgan fingerprint density at radius 1 is 0.867 bits per heavy atom. The zero-order valence-electron chi connectivity index (χ0n) is 15.9. The number of ketones is 2. The quantitative estimate of drug-likeness (QED) is 0.225. The van der Waals surface area contributed by atoms with E-state index in [4.69, 9.17) is 5.21 Å². The zero-order valence-corrected chi connectivity index (χ0v) is 15.9. The van der Waals surface area contributed by atoms with Gasteiger partial charge >= 0.3 is 0 Å². The van der Waals surface area contributed by atoms with Crippen molar-refractivity contribution in [3.05, 3.63) is 58.1 Å². The normalized spacial score (nSPS) is 12.2. The first-order valence-corrected chi connectivity index (χ1v) is 9.34. The fraction of sp³-hybridized carbons (Fsp3) is 0.238. The molecule has 0 fully saturated rings. The lowest BCUT2D eigenvalue weighted by molar-refractivity contribution is -0.129. The minimum Gasteiger partial charge on any atom is -0.507 e. The summed E-state index contributed by atoms with van der Waals surface area (Å²) in [6.07, 6.45) is 1.96. The number of carbonyl (C=O) groups is 4. The monoisotopic (exact) mass is 412 g/mol. The first-order chi connectivity index (χ1) is 14.3. The van der Waals surface area contributed by atoms with Crippen LogP contribution in [0.4, 0.5) is 0 Å². The number of phenolic OH excluding ortho intramolecular Hbond substituents is 2. The van der Waals surface area contributed by atoms with Crippen LogP contribution >= 0.6 is 0 Å². The Morgan fingerprint density at radius 3 is 2.33 bits per heavy atom. The van der Waals surface area contributed by atoms with E-state index in [2.05, 4.69) is 5.32 Å². The van der Waals surface area contributed by atoms with Gasteiger partial charge in [0.15, 0.2) is 5.78 Å². The van der Waals surface area contributed by atoms with E-state index in [9.17, 15) is 29.4 Å². The molecule has 0 spiro atoms. The van der Waals surface area contributed by atoms with Crippen molar-refractivity contribution in [2.75, 3.05) is 6.54 Å². The van der Waals surface area contributed by atoms with Gasteiger partial charge in [-0.15, -0.1) is 0 Å².